The minimum Gasteiger partial charge on any atom is -0.354 e. The standard InChI is InChI=1S/C20H19N5O2/c1-22-18(26)16-5-4-15(10-23-16)13-2-3-14-9-20(6-7-25(11-20)12-21)19(27)24-17(14)8-13/h2-5,8,10H,6-7,9,11H2,1H3,(H,22,26)(H,24,27). The molecule has 1 atom stereocenters. The van der Waals surface area contributed by atoms with E-state index in [2.05, 4.69) is 21.8 Å². The second-order valence-corrected chi connectivity index (χ2v) is 7.07. The van der Waals surface area contributed by atoms with Gasteiger partial charge in [-0.1, -0.05) is 18.2 Å². The van der Waals surface area contributed by atoms with Gasteiger partial charge in [0.25, 0.3) is 5.91 Å². The molecule has 2 aromatic rings. The van der Waals surface area contributed by atoms with Gasteiger partial charge in [-0.2, -0.15) is 5.26 Å². The fourth-order valence-corrected chi connectivity index (χ4v) is 3.84. The van der Waals surface area contributed by atoms with Crippen LogP contribution >= 0.6 is 0 Å². The van der Waals surface area contributed by atoms with Gasteiger partial charge in [-0.05, 0) is 36.1 Å². The van der Waals surface area contributed by atoms with Gasteiger partial charge in [0.2, 0.25) is 5.91 Å². The van der Waals surface area contributed by atoms with E-state index in [1.807, 2.05) is 24.3 Å². The van der Waals surface area contributed by atoms with Crippen LogP contribution in [-0.2, 0) is 11.2 Å². The summed E-state index contributed by atoms with van der Waals surface area (Å²) in [6.45, 7) is 1.10. The van der Waals surface area contributed by atoms with Gasteiger partial charge in [0.1, 0.15) is 5.69 Å². The molecule has 2 aliphatic heterocycles. The Bertz CT molecular complexity index is 963. The number of nitrogens with one attached hydrogen (secondary N) is 2. The van der Waals surface area contributed by atoms with Crippen molar-refractivity contribution in [2.45, 2.75) is 12.8 Å². The van der Waals surface area contributed by atoms with Crippen LogP contribution in [0.1, 0.15) is 22.5 Å². The Morgan fingerprint density at radius 1 is 1.33 bits per heavy atom. The first kappa shape index (κ1) is 17.0. The van der Waals surface area contributed by atoms with Crippen molar-refractivity contribution in [3.63, 3.8) is 0 Å². The van der Waals surface area contributed by atoms with Crippen LogP contribution in [0.4, 0.5) is 5.69 Å². The van der Waals surface area contributed by atoms with E-state index < -0.39 is 5.41 Å². The first-order valence-electron chi connectivity index (χ1n) is 8.82. The summed E-state index contributed by atoms with van der Waals surface area (Å²) in [6, 6.07) is 9.47. The molecule has 1 fully saturated rings. The third kappa shape index (κ3) is 2.89. The normalized spacial score (nSPS) is 20.7. The summed E-state index contributed by atoms with van der Waals surface area (Å²) in [4.78, 5) is 30.2. The number of carbonyl (C=O) groups excluding carboxylic acids is 2. The van der Waals surface area contributed by atoms with Crippen molar-refractivity contribution in [2.75, 3.05) is 25.5 Å². The number of pyridine rings is 1. The van der Waals surface area contributed by atoms with Gasteiger partial charge in [0, 0.05) is 37.6 Å². The summed E-state index contributed by atoms with van der Waals surface area (Å²) in [5, 5.41) is 14.7. The summed E-state index contributed by atoms with van der Waals surface area (Å²) in [7, 11) is 1.57. The minimum absolute atomic E-state index is 0.0158. The quantitative estimate of drug-likeness (QED) is 0.795. The zero-order valence-corrected chi connectivity index (χ0v) is 15.0. The number of nitrogens with zero attached hydrogens (tertiary/aromatic N) is 3. The molecule has 7 heteroatoms. The predicted octanol–water partition coefficient (Wildman–Crippen LogP) is 1.78. The summed E-state index contributed by atoms with van der Waals surface area (Å²) in [6.07, 6.45) is 5.13. The lowest BCUT2D eigenvalue weighted by Gasteiger charge is -2.33. The van der Waals surface area contributed by atoms with Crippen LogP contribution in [0.15, 0.2) is 36.5 Å². The second kappa shape index (κ2) is 6.40. The van der Waals surface area contributed by atoms with Gasteiger partial charge in [-0.15, -0.1) is 0 Å². The Hall–Kier alpha value is -3.40. The van der Waals surface area contributed by atoms with E-state index in [1.54, 1.807) is 24.2 Å². The molecule has 0 bridgehead atoms. The number of anilines is 1. The highest BCUT2D eigenvalue weighted by atomic mass is 16.2. The first-order chi connectivity index (χ1) is 13.0. The number of amides is 2. The summed E-state index contributed by atoms with van der Waals surface area (Å²) >= 11 is 0. The average molecular weight is 361 g/mol. The van der Waals surface area contributed by atoms with Gasteiger partial charge in [0.15, 0.2) is 6.19 Å². The third-order valence-electron chi connectivity index (χ3n) is 5.42. The Morgan fingerprint density at radius 3 is 2.81 bits per heavy atom. The predicted molar refractivity (Wildman–Crippen MR) is 99.6 cm³/mol. The second-order valence-electron chi connectivity index (χ2n) is 7.07. The molecule has 3 heterocycles. The highest BCUT2D eigenvalue weighted by molar-refractivity contribution is 5.99. The van der Waals surface area contributed by atoms with Crippen LogP contribution in [0, 0.1) is 16.9 Å². The number of likely N-dealkylation sites (tertiary alicyclic amines) is 1. The van der Waals surface area contributed by atoms with Gasteiger partial charge in [0.05, 0.1) is 5.41 Å². The summed E-state index contributed by atoms with van der Waals surface area (Å²) in [5.74, 6) is -0.245. The molecule has 2 aliphatic rings. The van der Waals surface area contributed by atoms with E-state index in [-0.39, 0.29) is 11.8 Å². The van der Waals surface area contributed by atoms with E-state index in [9.17, 15) is 9.59 Å². The SMILES string of the molecule is CNC(=O)c1ccc(-c2ccc3c(c2)NC(=O)C2(CCN(C#N)C2)C3)cn1. The highest BCUT2D eigenvalue weighted by Gasteiger charge is 2.47. The lowest BCUT2D eigenvalue weighted by Crippen LogP contribution is -2.43. The number of aromatic nitrogens is 1. The topological polar surface area (TPSA) is 98.1 Å². The minimum atomic E-state index is -0.513. The Labute approximate surface area is 157 Å². The van der Waals surface area contributed by atoms with Crippen molar-refractivity contribution < 1.29 is 9.59 Å². The maximum Gasteiger partial charge on any atom is 0.269 e. The molecule has 1 aromatic heterocycles. The van der Waals surface area contributed by atoms with Gasteiger partial charge in [-0.25, -0.2) is 0 Å². The van der Waals surface area contributed by atoms with Crippen molar-refractivity contribution in [1.82, 2.24) is 15.2 Å². The fraction of sp³-hybridized carbons (Fsp3) is 0.300. The molecule has 0 aliphatic carbocycles. The fourth-order valence-electron chi connectivity index (χ4n) is 3.84. The number of fused-ring (bicyclic) bond motifs is 1. The highest BCUT2D eigenvalue weighted by Crippen LogP contribution is 2.41. The van der Waals surface area contributed by atoms with Crippen molar-refractivity contribution in [2.24, 2.45) is 5.41 Å². The number of rotatable bonds is 2. The van der Waals surface area contributed by atoms with Crippen molar-refractivity contribution in [3.05, 3.63) is 47.8 Å². The van der Waals surface area contributed by atoms with Gasteiger partial charge >= 0.3 is 0 Å². The molecular weight excluding hydrogens is 342 g/mol. The average Bonchev–Trinajstić information content (AvgIpc) is 3.12. The van der Waals surface area contributed by atoms with Crippen LogP contribution < -0.4 is 10.6 Å². The molecule has 1 aromatic carbocycles. The lowest BCUT2D eigenvalue weighted by molar-refractivity contribution is -0.125. The van der Waals surface area contributed by atoms with Crippen LogP contribution in [0.2, 0.25) is 0 Å². The van der Waals surface area contributed by atoms with E-state index in [0.29, 0.717) is 31.6 Å². The smallest absolute Gasteiger partial charge is 0.269 e. The van der Waals surface area contributed by atoms with Crippen molar-refractivity contribution in [1.29, 1.82) is 5.26 Å². The first-order valence-corrected chi connectivity index (χ1v) is 8.82. The lowest BCUT2D eigenvalue weighted by atomic mass is 9.76. The largest absolute Gasteiger partial charge is 0.354 e. The maximum absolute atomic E-state index is 12.7. The molecule has 27 heavy (non-hydrogen) atoms. The van der Waals surface area contributed by atoms with Crippen LogP contribution in [0.5, 0.6) is 0 Å². The van der Waals surface area contributed by atoms with Crippen LogP contribution in [0.3, 0.4) is 0 Å². The number of carbonyl (C=O) groups is 2. The van der Waals surface area contributed by atoms with E-state index in [4.69, 9.17) is 5.26 Å². The maximum atomic E-state index is 12.7. The summed E-state index contributed by atoms with van der Waals surface area (Å²) in [5.41, 5.74) is 3.52. The van der Waals surface area contributed by atoms with Gasteiger partial charge < -0.3 is 15.5 Å². The van der Waals surface area contributed by atoms with Gasteiger partial charge in [-0.3, -0.25) is 14.6 Å². The molecule has 4 rings (SSSR count). The molecule has 1 unspecified atom stereocenters. The Morgan fingerprint density at radius 2 is 2.15 bits per heavy atom. The third-order valence-corrected chi connectivity index (χ3v) is 5.42. The molecule has 2 N–H and O–H groups in total. The number of benzene rings is 1. The van der Waals surface area contributed by atoms with E-state index in [0.717, 1.165) is 22.4 Å². The number of hydrogen-bond donors (Lipinski definition) is 2. The summed E-state index contributed by atoms with van der Waals surface area (Å²) < 4.78 is 0. The molecule has 0 saturated carbocycles. The molecule has 0 radical (unpaired) electrons. The molecule has 136 valence electrons. The van der Waals surface area contributed by atoms with Crippen molar-refractivity contribution >= 4 is 17.5 Å². The van der Waals surface area contributed by atoms with Crippen LogP contribution in [-0.4, -0.2) is 41.8 Å². The molecular formula is C20H19N5O2. The Balaban J connectivity index is 1.61. The zero-order valence-electron chi connectivity index (χ0n) is 15.0. The molecule has 2 amide bonds. The Kier molecular flexibility index (Phi) is 4.04. The molecule has 1 saturated heterocycles. The monoisotopic (exact) mass is 361 g/mol. The number of hydrogen-bond acceptors (Lipinski definition) is 5. The number of nitriles is 1. The van der Waals surface area contributed by atoms with Crippen molar-refractivity contribution in [3.8, 4) is 17.3 Å². The molecule has 1 spiro atoms. The van der Waals surface area contributed by atoms with E-state index >= 15 is 0 Å². The van der Waals surface area contributed by atoms with E-state index in [1.165, 1.54) is 0 Å². The zero-order chi connectivity index (χ0) is 19.0. The molecule has 7 nitrogen and oxygen atoms in total. The van der Waals surface area contributed by atoms with Crippen LogP contribution in [0.25, 0.3) is 11.1 Å².